The van der Waals surface area contributed by atoms with Gasteiger partial charge in [-0.2, -0.15) is 4.99 Å². The number of thiocarbonyl (C=S) groups is 1. The Balaban J connectivity index is 3.01. The van der Waals surface area contributed by atoms with Crippen LogP contribution in [-0.4, -0.2) is 10.3 Å². The van der Waals surface area contributed by atoms with Crippen LogP contribution in [0.4, 0.5) is 5.69 Å². The molecule has 0 aromatic heterocycles. The number of aromatic hydroxyl groups is 1. The second-order valence-corrected chi connectivity index (χ2v) is 3.32. The fourth-order valence-electron chi connectivity index (χ4n) is 1.20. The molecule has 15 heavy (non-hydrogen) atoms. The number of unbranched alkanes of at least 4 members (excludes halogenated alkanes) is 1. The molecule has 0 saturated heterocycles. The minimum atomic E-state index is 0.231. The molecule has 0 aliphatic carbocycles. The van der Waals surface area contributed by atoms with Crippen molar-refractivity contribution in [3.05, 3.63) is 29.8 Å². The Kier molecular flexibility index (Phi) is 4.75. The highest BCUT2D eigenvalue weighted by atomic mass is 32.1. The number of benzene rings is 1. The fraction of sp³-hybridized carbons (Fsp3) is 0.250. The Labute approximate surface area is 95.0 Å². The quantitative estimate of drug-likeness (QED) is 0.614. The Morgan fingerprint density at radius 1 is 1.53 bits per heavy atom. The smallest absolute Gasteiger partial charge is 0.116 e. The molecular formula is C12H13NOS. The largest absolute Gasteiger partial charge is 0.508 e. The summed E-state index contributed by atoms with van der Waals surface area (Å²) in [5.41, 5.74) is 1.59. The molecule has 0 atom stereocenters. The Bertz CT molecular complexity index is 406. The van der Waals surface area contributed by atoms with Crippen molar-refractivity contribution in [3.8, 4) is 5.75 Å². The summed E-state index contributed by atoms with van der Waals surface area (Å²) in [5.74, 6) is 0.231. The van der Waals surface area contributed by atoms with Gasteiger partial charge in [0, 0.05) is 5.56 Å². The highest BCUT2D eigenvalue weighted by Crippen LogP contribution is 2.24. The maximum atomic E-state index is 9.34. The number of phenols is 1. The van der Waals surface area contributed by atoms with Crippen molar-refractivity contribution in [1.82, 2.24) is 0 Å². The summed E-state index contributed by atoms with van der Waals surface area (Å²) >= 11 is 4.56. The van der Waals surface area contributed by atoms with Gasteiger partial charge in [0.15, 0.2) is 0 Å². The third-order valence-corrected chi connectivity index (χ3v) is 2.02. The lowest BCUT2D eigenvalue weighted by Gasteiger charge is -1.99. The van der Waals surface area contributed by atoms with E-state index in [1.165, 1.54) is 0 Å². The van der Waals surface area contributed by atoms with Gasteiger partial charge in [-0.1, -0.05) is 25.5 Å². The average Bonchev–Trinajstić information content (AvgIpc) is 2.22. The van der Waals surface area contributed by atoms with Crippen LogP contribution in [0.25, 0.3) is 6.08 Å². The topological polar surface area (TPSA) is 32.6 Å². The van der Waals surface area contributed by atoms with Crippen LogP contribution in [0.15, 0.2) is 29.3 Å². The molecular weight excluding hydrogens is 206 g/mol. The summed E-state index contributed by atoms with van der Waals surface area (Å²) in [6, 6.07) is 4.97. The van der Waals surface area contributed by atoms with Crippen LogP contribution in [0.1, 0.15) is 25.3 Å². The van der Waals surface area contributed by atoms with Crippen molar-refractivity contribution in [2.24, 2.45) is 4.99 Å². The van der Waals surface area contributed by atoms with E-state index in [4.69, 9.17) is 0 Å². The summed E-state index contributed by atoms with van der Waals surface area (Å²) in [6.45, 7) is 2.11. The Morgan fingerprint density at radius 3 is 3.00 bits per heavy atom. The highest BCUT2D eigenvalue weighted by molar-refractivity contribution is 7.78. The molecule has 1 aromatic rings. The summed E-state index contributed by atoms with van der Waals surface area (Å²) in [6.07, 6.45) is 6.10. The van der Waals surface area contributed by atoms with Crippen LogP contribution in [0.2, 0.25) is 0 Å². The Hall–Kier alpha value is -1.44. The standard InChI is InChI=1S/C12H13NOS/c1-2-3-4-5-10-8-11(14)6-7-12(10)13-9-15/h4-8,14H,2-3H2,1H3. The minimum Gasteiger partial charge on any atom is -0.508 e. The van der Waals surface area contributed by atoms with Crippen molar-refractivity contribution >= 4 is 29.1 Å². The second kappa shape index (κ2) is 6.12. The van der Waals surface area contributed by atoms with Crippen LogP contribution >= 0.6 is 12.2 Å². The molecule has 0 fully saturated rings. The predicted octanol–water partition coefficient (Wildman–Crippen LogP) is 3.94. The van der Waals surface area contributed by atoms with E-state index in [-0.39, 0.29) is 5.75 Å². The second-order valence-electron chi connectivity index (χ2n) is 3.14. The fourth-order valence-corrected chi connectivity index (χ4v) is 1.30. The van der Waals surface area contributed by atoms with E-state index in [0.717, 1.165) is 24.1 Å². The molecule has 0 spiro atoms. The van der Waals surface area contributed by atoms with Gasteiger partial charge in [-0.15, -0.1) is 0 Å². The van der Waals surface area contributed by atoms with Crippen LogP contribution < -0.4 is 0 Å². The highest BCUT2D eigenvalue weighted by Gasteiger charge is 1.98. The summed E-state index contributed by atoms with van der Waals surface area (Å²) in [4.78, 5) is 3.93. The lowest BCUT2D eigenvalue weighted by atomic mass is 10.1. The summed E-state index contributed by atoms with van der Waals surface area (Å²) in [7, 11) is 0. The lowest BCUT2D eigenvalue weighted by Crippen LogP contribution is -1.75. The first kappa shape index (κ1) is 11.6. The maximum Gasteiger partial charge on any atom is 0.116 e. The number of hydrogen-bond donors (Lipinski definition) is 1. The molecule has 3 heteroatoms. The number of rotatable bonds is 4. The summed E-state index contributed by atoms with van der Waals surface area (Å²) in [5, 5.41) is 11.7. The number of aliphatic imine (C=N–C) groups is 1. The Morgan fingerprint density at radius 2 is 2.33 bits per heavy atom. The van der Waals surface area contributed by atoms with Gasteiger partial charge in [0.1, 0.15) is 5.75 Å². The van der Waals surface area contributed by atoms with Gasteiger partial charge >= 0.3 is 0 Å². The van der Waals surface area contributed by atoms with Gasteiger partial charge < -0.3 is 5.11 Å². The molecule has 0 unspecified atom stereocenters. The first-order valence-electron chi connectivity index (χ1n) is 4.85. The SMILES string of the molecule is CCCC=Cc1cc(O)ccc1N=C=S. The molecule has 0 bridgehead atoms. The zero-order chi connectivity index (χ0) is 11.1. The lowest BCUT2D eigenvalue weighted by molar-refractivity contribution is 0.475. The van der Waals surface area contributed by atoms with E-state index >= 15 is 0 Å². The van der Waals surface area contributed by atoms with Gasteiger partial charge in [0.25, 0.3) is 0 Å². The van der Waals surface area contributed by atoms with Crippen LogP contribution in [0.5, 0.6) is 5.75 Å². The maximum absolute atomic E-state index is 9.34. The molecule has 1 aromatic carbocycles. The molecule has 0 amide bonds. The van der Waals surface area contributed by atoms with Crippen molar-refractivity contribution in [2.45, 2.75) is 19.8 Å². The zero-order valence-electron chi connectivity index (χ0n) is 8.60. The summed E-state index contributed by atoms with van der Waals surface area (Å²) < 4.78 is 0. The third kappa shape index (κ3) is 3.66. The van der Waals surface area contributed by atoms with E-state index in [1.807, 2.05) is 6.08 Å². The first-order valence-corrected chi connectivity index (χ1v) is 5.26. The number of phenolic OH excluding ortho intramolecular Hbond substituents is 1. The van der Waals surface area contributed by atoms with Crippen LogP contribution in [-0.2, 0) is 0 Å². The van der Waals surface area contributed by atoms with E-state index in [9.17, 15) is 5.11 Å². The number of nitrogens with zero attached hydrogens (tertiary/aromatic N) is 1. The predicted molar refractivity (Wildman–Crippen MR) is 66.7 cm³/mol. The van der Waals surface area contributed by atoms with E-state index in [2.05, 4.69) is 35.4 Å². The van der Waals surface area contributed by atoms with Crippen LogP contribution in [0.3, 0.4) is 0 Å². The van der Waals surface area contributed by atoms with Gasteiger partial charge in [-0.05, 0) is 36.8 Å². The monoisotopic (exact) mass is 219 g/mol. The van der Waals surface area contributed by atoms with Crippen molar-refractivity contribution < 1.29 is 5.11 Å². The zero-order valence-corrected chi connectivity index (χ0v) is 9.42. The molecule has 0 saturated carbocycles. The van der Waals surface area contributed by atoms with Gasteiger partial charge in [0.05, 0.1) is 10.8 Å². The third-order valence-electron chi connectivity index (χ3n) is 1.93. The van der Waals surface area contributed by atoms with E-state index in [0.29, 0.717) is 0 Å². The van der Waals surface area contributed by atoms with Crippen molar-refractivity contribution in [3.63, 3.8) is 0 Å². The molecule has 0 radical (unpaired) electrons. The van der Waals surface area contributed by atoms with Gasteiger partial charge in [-0.3, -0.25) is 0 Å². The molecule has 0 aliphatic rings. The molecule has 1 N–H and O–H groups in total. The minimum absolute atomic E-state index is 0.231. The van der Waals surface area contributed by atoms with Gasteiger partial charge in [0.2, 0.25) is 0 Å². The first-order chi connectivity index (χ1) is 7.27. The number of isothiocyanates is 1. The molecule has 2 nitrogen and oxygen atoms in total. The van der Waals surface area contributed by atoms with Crippen molar-refractivity contribution in [1.29, 1.82) is 0 Å². The van der Waals surface area contributed by atoms with Crippen LogP contribution in [0, 0.1) is 0 Å². The van der Waals surface area contributed by atoms with E-state index in [1.54, 1.807) is 18.2 Å². The molecule has 0 aliphatic heterocycles. The molecule has 78 valence electrons. The molecule has 0 heterocycles. The van der Waals surface area contributed by atoms with Gasteiger partial charge in [-0.25, -0.2) is 0 Å². The number of allylic oxidation sites excluding steroid dienone is 1. The normalized spacial score (nSPS) is 10.2. The average molecular weight is 219 g/mol. The van der Waals surface area contributed by atoms with E-state index < -0.39 is 0 Å². The molecule has 1 rings (SSSR count). The number of hydrogen-bond acceptors (Lipinski definition) is 3. The van der Waals surface area contributed by atoms with Crippen molar-refractivity contribution in [2.75, 3.05) is 0 Å².